The van der Waals surface area contributed by atoms with Crippen LogP contribution in [0.4, 0.5) is 13.2 Å². The smallest absolute Gasteiger partial charge is 0.345 e. The Morgan fingerprint density at radius 3 is 2.77 bits per heavy atom. The number of pyridine rings is 1. The van der Waals surface area contributed by atoms with Gasteiger partial charge in [-0.1, -0.05) is 18.2 Å². The summed E-state index contributed by atoms with van der Waals surface area (Å²) in [6, 6.07) is 6.06. The van der Waals surface area contributed by atoms with Gasteiger partial charge in [-0.25, -0.2) is 0 Å². The molecule has 0 spiro atoms. The van der Waals surface area contributed by atoms with Gasteiger partial charge in [-0.05, 0) is 42.0 Å². The number of aromatic amines is 1. The minimum Gasteiger partial charge on any atom is -0.345 e. The molecule has 0 radical (unpaired) electrons. The van der Waals surface area contributed by atoms with Crippen LogP contribution in [0.5, 0.6) is 0 Å². The molecule has 26 heavy (non-hydrogen) atoms. The zero-order chi connectivity index (χ0) is 18.9. The van der Waals surface area contributed by atoms with Crippen LogP contribution >= 0.6 is 0 Å². The molecule has 0 bridgehead atoms. The first-order valence-electron chi connectivity index (χ1n) is 8.22. The number of alkyl halides is 3. The first-order valence-corrected chi connectivity index (χ1v) is 8.22. The maximum atomic E-state index is 12.9. The molecule has 0 fully saturated rings. The number of benzene rings is 1. The molecule has 1 aliphatic rings. The predicted molar refractivity (Wildman–Crippen MR) is 89.5 cm³/mol. The monoisotopic (exact) mass is 365 g/mol. The van der Waals surface area contributed by atoms with Crippen LogP contribution in [-0.2, 0) is 19.1 Å². The molecule has 1 atom stereocenters. The van der Waals surface area contributed by atoms with Crippen molar-refractivity contribution in [1.29, 1.82) is 0 Å². The van der Waals surface area contributed by atoms with Crippen LogP contribution in [0.15, 0.2) is 35.3 Å². The number of hydrogen-bond acceptors (Lipinski definition) is 3. The zero-order valence-corrected chi connectivity index (χ0v) is 13.8. The molecular formula is C18H18F3N3O2. The fourth-order valence-electron chi connectivity index (χ4n) is 3.21. The Bertz CT molecular complexity index is 890. The molecule has 1 amide bonds. The van der Waals surface area contributed by atoms with Crippen molar-refractivity contribution in [2.45, 2.75) is 38.0 Å². The summed E-state index contributed by atoms with van der Waals surface area (Å²) in [4.78, 5) is 25.7. The molecule has 1 aliphatic carbocycles. The van der Waals surface area contributed by atoms with Crippen LogP contribution in [-0.4, -0.2) is 10.9 Å². The number of aryl methyl sites for hydroxylation is 1. The van der Waals surface area contributed by atoms with E-state index < -0.39 is 23.2 Å². The molecular weight excluding hydrogens is 347 g/mol. The highest BCUT2D eigenvalue weighted by molar-refractivity contribution is 5.94. The first kappa shape index (κ1) is 18.2. The number of halogens is 3. The van der Waals surface area contributed by atoms with Crippen molar-refractivity contribution in [3.63, 3.8) is 0 Å². The normalized spacial score (nSPS) is 16.8. The van der Waals surface area contributed by atoms with Gasteiger partial charge in [0.1, 0.15) is 5.56 Å². The molecule has 5 nitrogen and oxygen atoms in total. The second-order valence-corrected chi connectivity index (χ2v) is 6.28. The van der Waals surface area contributed by atoms with Gasteiger partial charge in [-0.15, -0.1) is 0 Å². The van der Waals surface area contributed by atoms with Gasteiger partial charge in [-0.2, -0.15) is 13.2 Å². The molecule has 8 heteroatoms. The van der Waals surface area contributed by atoms with E-state index in [0.717, 1.165) is 35.7 Å². The number of amides is 1. The molecule has 1 unspecified atom stereocenters. The van der Waals surface area contributed by atoms with Gasteiger partial charge in [0, 0.05) is 12.7 Å². The highest BCUT2D eigenvalue weighted by Crippen LogP contribution is 2.31. The van der Waals surface area contributed by atoms with Crippen LogP contribution < -0.4 is 16.6 Å². The van der Waals surface area contributed by atoms with Crippen molar-refractivity contribution in [3.8, 4) is 0 Å². The zero-order valence-electron chi connectivity index (χ0n) is 13.8. The molecule has 1 aromatic heterocycles. The Labute approximate surface area is 147 Å². The minimum absolute atomic E-state index is 0.234. The number of aromatic nitrogens is 1. The average Bonchev–Trinajstić information content (AvgIpc) is 2.60. The molecule has 2 aromatic rings. The number of fused-ring (bicyclic) bond motifs is 1. The van der Waals surface area contributed by atoms with Gasteiger partial charge in [0.2, 0.25) is 0 Å². The van der Waals surface area contributed by atoms with E-state index in [1.807, 2.05) is 23.2 Å². The Morgan fingerprint density at radius 1 is 1.31 bits per heavy atom. The van der Waals surface area contributed by atoms with E-state index in [0.29, 0.717) is 19.0 Å². The van der Waals surface area contributed by atoms with Gasteiger partial charge in [-0.3, -0.25) is 9.59 Å². The molecule has 138 valence electrons. The topological polar surface area (TPSA) is 88.0 Å². The number of nitrogens with one attached hydrogen (secondary N) is 2. The van der Waals surface area contributed by atoms with E-state index in [1.54, 1.807) is 0 Å². The van der Waals surface area contributed by atoms with E-state index in [4.69, 9.17) is 5.73 Å². The largest absolute Gasteiger partial charge is 0.421 e. The summed E-state index contributed by atoms with van der Waals surface area (Å²) in [5, 5.41) is 2.77. The van der Waals surface area contributed by atoms with Crippen molar-refractivity contribution in [3.05, 3.63) is 68.6 Å². The van der Waals surface area contributed by atoms with Gasteiger partial charge in [0.15, 0.2) is 0 Å². The van der Waals surface area contributed by atoms with Crippen LogP contribution in [0.2, 0.25) is 0 Å². The standard InChI is InChI=1S/C18H18F3N3O2/c19-18(20,21)14-7-12(9-23-17(14)26)16(25)24-15-3-1-2-11-6-10(8-22)4-5-13(11)15/h4-7,9,15H,1-3,8,22H2,(H,23,26)(H,24,25). The van der Waals surface area contributed by atoms with E-state index in [1.165, 1.54) is 0 Å². The van der Waals surface area contributed by atoms with Crippen molar-refractivity contribution >= 4 is 5.91 Å². The summed E-state index contributed by atoms with van der Waals surface area (Å²) in [5.74, 6) is -0.660. The molecule has 1 heterocycles. The molecule has 3 rings (SSSR count). The van der Waals surface area contributed by atoms with E-state index in [-0.39, 0.29) is 11.6 Å². The average molecular weight is 365 g/mol. The van der Waals surface area contributed by atoms with Crippen molar-refractivity contribution in [2.75, 3.05) is 0 Å². The molecule has 4 N–H and O–H groups in total. The number of hydrogen-bond donors (Lipinski definition) is 3. The Balaban J connectivity index is 1.85. The molecule has 1 aromatic carbocycles. The highest BCUT2D eigenvalue weighted by Gasteiger charge is 2.35. The Hall–Kier alpha value is -2.61. The first-order chi connectivity index (χ1) is 12.3. The fourth-order valence-corrected chi connectivity index (χ4v) is 3.21. The van der Waals surface area contributed by atoms with Gasteiger partial charge in [0.25, 0.3) is 11.5 Å². The number of rotatable bonds is 3. The van der Waals surface area contributed by atoms with Gasteiger partial charge < -0.3 is 16.0 Å². The second kappa shape index (κ2) is 6.95. The molecule has 0 saturated heterocycles. The Kier molecular flexibility index (Phi) is 4.86. The predicted octanol–water partition coefficient (Wildman–Crippen LogP) is 2.66. The summed E-state index contributed by atoms with van der Waals surface area (Å²) in [5.41, 5.74) is 5.78. The molecule has 0 aliphatic heterocycles. The lowest BCUT2D eigenvalue weighted by Gasteiger charge is -2.27. The third-order valence-corrected chi connectivity index (χ3v) is 4.53. The minimum atomic E-state index is -4.82. The lowest BCUT2D eigenvalue weighted by molar-refractivity contribution is -0.138. The quantitative estimate of drug-likeness (QED) is 0.781. The summed E-state index contributed by atoms with van der Waals surface area (Å²) >= 11 is 0. The van der Waals surface area contributed by atoms with E-state index in [9.17, 15) is 22.8 Å². The van der Waals surface area contributed by atoms with Crippen LogP contribution in [0.25, 0.3) is 0 Å². The maximum Gasteiger partial charge on any atom is 0.421 e. The van der Waals surface area contributed by atoms with Crippen molar-refractivity contribution in [1.82, 2.24) is 10.3 Å². The van der Waals surface area contributed by atoms with Gasteiger partial charge >= 0.3 is 6.18 Å². The Morgan fingerprint density at radius 2 is 2.08 bits per heavy atom. The van der Waals surface area contributed by atoms with Gasteiger partial charge in [0.05, 0.1) is 11.6 Å². The van der Waals surface area contributed by atoms with Crippen molar-refractivity contribution in [2.24, 2.45) is 5.73 Å². The fraction of sp³-hybridized carbons (Fsp3) is 0.333. The van der Waals surface area contributed by atoms with E-state index >= 15 is 0 Å². The summed E-state index contributed by atoms with van der Waals surface area (Å²) in [7, 11) is 0. The molecule has 0 saturated carbocycles. The summed E-state index contributed by atoms with van der Waals surface area (Å²) in [6.07, 6.45) is -1.41. The third kappa shape index (κ3) is 3.65. The summed E-state index contributed by atoms with van der Waals surface area (Å²) in [6.45, 7) is 0.419. The van der Waals surface area contributed by atoms with Crippen molar-refractivity contribution < 1.29 is 18.0 Å². The number of nitrogens with two attached hydrogens (primary N) is 1. The van der Waals surface area contributed by atoms with Crippen LogP contribution in [0, 0.1) is 0 Å². The SMILES string of the molecule is NCc1ccc2c(c1)CCCC2NC(=O)c1c[nH]c(=O)c(C(F)(F)F)c1. The lowest BCUT2D eigenvalue weighted by atomic mass is 9.86. The maximum absolute atomic E-state index is 12.9. The van der Waals surface area contributed by atoms with Crippen LogP contribution in [0.3, 0.4) is 0 Å². The second-order valence-electron chi connectivity index (χ2n) is 6.28. The number of carbonyl (C=O) groups excluding carboxylic acids is 1. The number of carbonyl (C=O) groups is 1. The number of H-pyrrole nitrogens is 1. The van der Waals surface area contributed by atoms with Crippen LogP contribution in [0.1, 0.15) is 51.5 Å². The van der Waals surface area contributed by atoms with E-state index in [2.05, 4.69) is 5.32 Å². The third-order valence-electron chi connectivity index (χ3n) is 4.53. The summed E-state index contributed by atoms with van der Waals surface area (Å²) < 4.78 is 38.6. The highest BCUT2D eigenvalue weighted by atomic mass is 19.4. The lowest BCUT2D eigenvalue weighted by Crippen LogP contribution is -2.32.